The number of nitrogens with zero attached hydrogens (tertiary/aromatic N) is 2. The van der Waals surface area contributed by atoms with Crippen LogP contribution in [0, 0.1) is 35.5 Å². The SMILES string of the molecule is CC.CC.CC.COC(=O)[C@@H](C)C1CCCCC1.COC(=O)[C@@H](CC(=O)N1CCCC1)C1CCCCC1.O=C(O)[C@@H](CC(=O)N1CCCC1)C1CCCCC1.O=C=O. The number of likely N-dealkylation sites (tertiary alicyclic amines) is 2. The van der Waals surface area contributed by atoms with E-state index in [4.69, 9.17) is 19.1 Å². The summed E-state index contributed by atoms with van der Waals surface area (Å²) < 4.78 is 9.65. The fourth-order valence-electron chi connectivity index (χ4n) is 8.70. The minimum atomic E-state index is -0.783. The maximum atomic E-state index is 12.2. The van der Waals surface area contributed by atoms with Crippen molar-refractivity contribution < 1.29 is 48.1 Å². The summed E-state index contributed by atoms with van der Waals surface area (Å²) in [5.74, 6) is -0.284. The number of carboxylic acid groups (broad SMARTS) is 1. The lowest BCUT2D eigenvalue weighted by molar-refractivity contribution is -0.191. The van der Waals surface area contributed by atoms with Crippen molar-refractivity contribution in [2.75, 3.05) is 40.4 Å². The Hall–Kier alpha value is -3.27. The average Bonchev–Trinajstić information content (AvgIpc) is 4.04. The van der Waals surface area contributed by atoms with Crippen molar-refractivity contribution in [3.63, 3.8) is 0 Å². The zero-order valence-electron chi connectivity index (χ0n) is 38.2. The molecule has 0 aromatic carbocycles. The molecule has 5 aliphatic rings. The number of carboxylic acids is 1. The van der Waals surface area contributed by atoms with Crippen molar-refractivity contribution >= 4 is 35.9 Å². The van der Waals surface area contributed by atoms with E-state index in [1.54, 1.807) is 0 Å². The second kappa shape index (κ2) is 36.8. The highest BCUT2D eigenvalue weighted by molar-refractivity contribution is 5.84. The highest BCUT2D eigenvalue weighted by Gasteiger charge is 2.35. The third kappa shape index (κ3) is 22.8. The van der Waals surface area contributed by atoms with Crippen molar-refractivity contribution in [2.24, 2.45) is 35.5 Å². The monoisotopic (exact) mass is 825 g/mol. The molecular weight excluding hydrogens is 741 g/mol. The van der Waals surface area contributed by atoms with Gasteiger partial charge < -0.3 is 24.4 Å². The molecule has 3 aliphatic carbocycles. The standard InChI is InChI=1S/C15H25NO3.C14H23NO3.C10H18O2.3C2H6.CO2/c1-19-15(18)13(12-7-3-2-4-8-12)11-14(17)16-9-5-6-10-16;16-13(15-8-4-5-9-15)10-12(14(17)18)11-6-2-1-3-7-11;1-8(10(11)12-2)9-6-4-3-5-7-9;3*1-2;2-1-3/h12-13H,2-11H2,1H3;11-12H,1-10H2,(H,17,18);8-9H,3-7H2,1-2H3;3*1-2H3;/t13-;12-;8-;;;;/m000..../s1. The summed E-state index contributed by atoms with van der Waals surface area (Å²) in [6, 6.07) is 0. The maximum Gasteiger partial charge on any atom is 0.373 e. The van der Waals surface area contributed by atoms with Gasteiger partial charge in [-0.05, 0) is 82.0 Å². The molecule has 0 unspecified atom stereocenters. The number of carbonyl (C=O) groups is 5. The molecule has 0 aromatic rings. The molecule has 0 spiro atoms. The van der Waals surface area contributed by atoms with Crippen molar-refractivity contribution in [1.82, 2.24) is 9.80 Å². The van der Waals surface area contributed by atoms with Crippen LogP contribution in [0.15, 0.2) is 0 Å². The van der Waals surface area contributed by atoms with E-state index >= 15 is 0 Å². The third-order valence-electron chi connectivity index (χ3n) is 11.9. The van der Waals surface area contributed by atoms with Gasteiger partial charge >= 0.3 is 24.1 Å². The lowest BCUT2D eigenvalue weighted by Crippen LogP contribution is -2.35. The number of ether oxygens (including phenoxy) is 2. The molecule has 1 N–H and O–H groups in total. The van der Waals surface area contributed by atoms with Crippen molar-refractivity contribution in [3.05, 3.63) is 0 Å². The van der Waals surface area contributed by atoms with E-state index in [1.807, 2.05) is 58.3 Å². The van der Waals surface area contributed by atoms with Crippen molar-refractivity contribution in [2.45, 2.75) is 183 Å². The molecule has 3 saturated carbocycles. The molecule has 58 heavy (non-hydrogen) atoms. The highest BCUT2D eigenvalue weighted by atomic mass is 16.5. The van der Waals surface area contributed by atoms with Crippen LogP contribution in [0.25, 0.3) is 0 Å². The number of rotatable bonds is 10. The van der Waals surface area contributed by atoms with Crippen molar-refractivity contribution in [3.8, 4) is 0 Å². The molecule has 2 saturated heterocycles. The van der Waals surface area contributed by atoms with E-state index in [0.29, 0.717) is 18.3 Å². The molecule has 338 valence electrons. The van der Waals surface area contributed by atoms with Gasteiger partial charge in [-0.3, -0.25) is 24.0 Å². The Bertz CT molecular complexity index is 1110. The molecular formula is C46H84N2O10. The van der Waals surface area contributed by atoms with Gasteiger partial charge in [-0.15, -0.1) is 0 Å². The van der Waals surface area contributed by atoms with E-state index in [2.05, 4.69) is 0 Å². The van der Waals surface area contributed by atoms with Crippen LogP contribution >= 0.6 is 0 Å². The van der Waals surface area contributed by atoms with Crippen LogP contribution in [0.1, 0.15) is 183 Å². The van der Waals surface area contributed by atoms with Gasteiger partial charge in [0.1, 0.15) is 0 Å². The van der Waals surface area contributed by atoms with Crippen LogP contribution in [0.3, 0.4) is 0 Å². The quantitative estimate of drug-likeness (QED) is 0.210. The molecule has 5 rings (SSSR count). The molecule has 0 radical (unpaired) electrons. The summed E-state index contributed by atoms with van der Waals surface area (Å²) in [6.45, 7) is 17.3. The Morgan fingerprint density at radius 1 is 0.517 bits per heavy atom. The minimum Gasteiger partial charge on any atom is -0.481 e. The fraction of sp³-hybridized carbons (Fsp3) is 0.870. The second-order valence-electron chi connectivity index (χ2n) is 15.2. The number of carbonyl (C=O) groups excluding carboxylic acids is 6. The summed E-state index contributed by atoms with van der Waals surface area (Å²) in [5, 5.41) is 9.35. The van der Waals surface area contributed by atoms with E-state index < -0.39 is 11.9 Å². The first kappa shape index (κ1) is 56.8. The Balaban J connectivity index is 0. The molecule has 12 heteroatoms. The number of amides is 2. The van der Waals surface area contributed by atoms with Gasteiger partial charge in [0.15, 0.2) is 0 Å². The van der Waals surface area contributed by atoms with Gasteiger partial charge in [0.25, 0.3) is 0 Å². The summed E-state index contributed by atoms with van der Waals surface area (Å²) in [4.78, 5) is 78.8. The minimum absolute atomic E-state index is 0.0399. The topological polar surface area (TPSA) is 165 Å². The maximum absolute atomic E-state index is 12.2. The molecule has 12 nitrogen and oxygen atoms in total. The van der Waals surface area contributed by atoms with Crippen LogP contribution < -0.4 is 0 Å². The van der Waals surface area contributed by atoms with E-state index in [1.165, 1.54) is 72.0 Å². The first-order chi connectivity index (χ1) is 28.1. The van der Waals surface area contributed by atoms with Crippen LogP contribution in [-0.2, 0) is 43.0 Å². The summed E-state index contributed by atoms with van der Waals surface area (Å²) in [7, 11) is 2.90. The van der Waals surface area contributed by atoms with E-state index in [0.717, 1.165) is 90.4 Å². The van der Waals surface area contributed by atoms with Gasteiger partial charge in [0, 0.05) is 39.0 Å². The molecule has 0 bridgehead atoms. The van der Waals surface area contributed by atoms with Crippen LogP contribution in [0.5, 0.6) is 0 Å². The Kier molecular flexibility index (Phi) is 36.0. The Morgan fingerprint density at radius 2 is 0.810 bits per heavy atom. The van der Waals surface area contributed by atoms with Gasteiger partial charge in [0.05, 0.1) is 32.0 Å². The molecule has 0 aromatic heterocycles. The molecule has 3 atom stereocenters. The molecule has 5 fully saturated rings. The predicted molar refractivity (Wildman–Crippen MR) is 227 cm³/mol. The van der Waals surface area contributed by atoms with Gasteiger partial charge in [-0.2, -0.15) is 9.59 Å². The number of aliphatic carboxylic acids is 1. The van der Waals surface area contributed by atoms with Crippen molar-refractivity contribution in [1.29, 1.82) is 0 Å². The normalized spacial score (nSPS) is 19.4. The number of hydrogen-bond donors (Lipinski definition) is 1. The summed E-state index contributed by atoms with van der Waals surface area (Å²) in [5.41, 5.74) is 0. The fourth-order valence-corrected chi connectivity index (χ4v) is 8.70. The number of esters is 2. The number of methoxy groups -OCH3 is 2. The van der Waals surface area contributed by atoms with Gasteiger partial charge in [0.2, 0.25) is 11.8 Å². The van der Waals surface area contributed by atoms with Gasteiger partial charge in [-0.1, -0.05) is 106 Å². The third-order valence-corrected chi connectivity index (χ3v) is 11.9. The Labute approximate surface area is 352 Å². The first-order valence-corrected chi connectivity index (χ1v) is 23.0. The predicted octanol–water partition coefficient (Wildman–Crippen LogP) is 9.52. The molecule has 2 heterocycles. The highest BCUT2D eigenvalue weighted by Crippen LogP contribution is 2.34. The lowest BCUT2D eigenvalue weighted by atomic mass is 9.78. The average molecular weight is 825 g/mol. The summed E-state index contributed by atoms with van der Waals surface area (Å²) >= 11 is 0. The van der Waals surface area contributed by atoms with Gasteiger partial charge in [-0.25, -0.2) is 0 Å². The second-order valence-corrected chi connectivity index (χ2v) is 15.2. The molecule has 2 aliphatic heterocycles. The van der Waals surface area contributed by atoms with Crippen LogP contribution in [0.4, 0.5) is 0 Å². The largest absolute Gasteiger partial charge is 0.481 e. The van der Waals surface area contributed by atoms with Crippen LogP contribution in [-0.4, -0.2) is 91.2 Å². The zero-order valence-corrected chi connectivity index (χ0v) is 38.2. The van der Waals surface area contributed by atoms with E-state index in [-0.39, 0.29) is 54.1 Å². The first-order valence-electron chi connectivity index (χ1n) is 23.0. The molecule has 2 amide bonds. The van der Waals surface area contributed by atoms with Crippen LogP contribution in [0.2, 0.25) is 0 Å². The lowest BCUT2D eigenvalue weighted by Gasteiger charge is -2.29. The van der Waals surface area contributed by atoms with E-state index in [9.17, 15) is 29.1 Å². The Morgan fingerprint density at radius 3 is 1.12 bits per heavy atom. The smallest absolute Gasteiger partial charge is 0.373 e. The number of hydrogen-bond acceptors (Lipinski definition) is 9. The zero-order chi connectivity index (χ0) is 44.3. The summed E-state index contributed by atoms with van der Waals surface area (Å²) in [6.07, 6.45) is 22.6.